The molecule has 0 saturated carbocycles. The van der Waals surface area contributed by atoms with Crippen LogP contribution in [0.1, 0.15) is 188 Å². The Kier molecular flexibility index (Phi) is 38.0. The average Bonchev–Trinajstić information content (AvgIpc) is 3.26. The molecular formula is C57H112N4O8. The average molecular weight is 982 g/mol. The zero-order chi connectivity index (χ0) is 52.4. The molecule has 0 bridgehead atoms. The molecule has 0 aliphatic heterocycles. The zero-order valence-electron chi connectivity index (χ0n) is 48.0. The van der Waals surface area contributed by atoms with Crippen molar-refractivity contribution in [1.29, 1.82) is 0 Å². The van der Waals surface area contributed by atoms with Gasteiger partial charge in [-0.25, -0.2) is 0 Å². The summed E-state index contributed by atoms with van der Waals surface area (Å²) >= 11 is 0. The van der Waals surface area contributed by atoms with Crippen molar-refractivity contribution in [3.8, 4) is 0 Å². The van der Waals surface area contributed by atoms with Crippen LogP contribution >= 0.6 is 0 Å². The van der Waals surface area contributed by atoms with Crippen LogP contribution in [-0.4, -0.2) is 148 Å². The van der Waals surface area contributed by atoms with E-state index in [9.17, 15) is 19.2 Å². The van der Waals surface area contributed by atoms with Gasteiger partial charge in [0.25, 0.3) is 0 Å². The van der Waals surface area contributed by atoms with Gasteiger partial charge in [0.15, 0.2) is 0 Å². The fourth-order valence-corrected chi connectivity index (χ4v) is 7.34. The van der Waals surface area contributed by atoms with Crippen LogP contribution in [0.15, 0.2) is 0 Å². The van der Waals surface area contributed by atoms with Crippen LogP contribution in [0.25, 0.3) is 0 Å². The fourth-order valence-electron chi connectivity index (χ4n) is 7.34. The molecule has 69 heavy (non-hydrogen) atoms. The topological polar surface area (TPSA) is 118 Å². The summed E-state index contributed by atoms with van der Waals surface area (Å²) in [7, 11) is 0. The predicted octanol–water partition coefficient (Wildman–Crippen LogP) is 11.3. The lowest BCUT2D eigenvalue weighted by molar-refractivity contribution is -0.171. The first kappa shape index (κ1) is 66.7. The summed E-state index contributed by atoms with van der Waals surface area (Å²) in [6.07, 6.45) is 8.99. The lowest BCUT2D eigenvalue weighted by atomic mass is 9.92. The minimum Gasteiger partial charge on any atom is -0.465 e. The van der Waals surface area contributed by atoms with Crippen molar-refractivity contribution in [1.82, 2.24) is 19.6 Å². The number of rotatable bonds is 44. The van der Waals surface area contributed by atoms with Gasteiger partial charge in [-0.05, 0) is 151 Å². The summed E-state index contributed by atoms with van der Waals surface area (Å²) in [6.45, 7) is 43.8. The highest BCUT2D eigenvalue weighted by Gasteiger charge is 2.38. The molecule has 12 heteroatoms. The third kappa shape index (κ3) is 40.0. The highest BCUT2D eigenvalue weighted by atomic mass is 16.6. The Morgan fingerprint density at radius 2 is 0.420 bits per heavy atom. The van der Waals surface area contributed by atoms with Crippen LogP contribution < -0.4 is 0 Å². The monoisotopic (exact) mass is 981 g/mol. The molecule has 0 heterocycles. The summed E-state index contributed by atoms with van der Waals surface area (Å²) in [6, 6.07) is 0. The fraction of sp³-hybridized carbons (Fsp3) is 0.930. The van der Waals surface area contributed by atoms with E-state index in [0.717, 1.165) is 104 Å². The van der Waals surface area contributed by atoms with Crippen LogP contribution in [0.2, 0.25) is 0 Å². The van der Waals surface area contributed by atoms with Crippen LogP contribution in [0.3, 0.4) is 0 Å². The molecule has 0 aromatic heterocycles. The Labute approximate surface area is 425 Å². The highest BCUT2D eigenvalue weighted by Crippen LogP contribution is 2.23. The van der Waals surface area contributed by atoms with E-state index in [0.29, 0.717) is 73.5 Å². The van der Waals surface area contributed by atoms with Gasteiger partial charge in [0.05, 0.1) is 25.7 Å². The molecule has 12 nitrogen and oxygen atoms in total. The summed E-state index contributed by atoms with van der Waals surface area (Å²) < 4.78 is 24.2. The first-order valence-electron chi connectivity index (χ1n) is 27.9. The zero-order valence-corrected chi connectivity index (χ0v) is 48.0. The van der Waals surface area contributed by atoms with Crippen molar-refractivity contribution in [2.75, 3.05) is 105 Å². The van der Waals surface area contributed by atoms with Crippen LogP contribution in [0, 0.1) is 52.8 Å². The van der Waals surface area contributed by atoms with Gasteiger partial charge in [-0.15, -0.1) is 0 Å². The van der Waals surface area contributed by atoms with Crippen molar-refractivity contribution >= 4 is 23.9 Å². The maximum Gasteiger partial charge on any atom is 0.307 e. The van der Waals surface area contributed by atoms with Gasteiger partial charge >= 0.3 is 23.9 Å². The maximum absolute atomic E-state index is 13.7. The van der Waals surface area contributed by atoms with Gasteiger partial charge in [-0.1, -0.05) is 111 Å². The van der Waals surface area contributed by atoms with Gasteiger partial charge in [0.2, 0.25) is 0 Å². The van der Waals surface area contributed by atoms with E-state index in [1.165, 1.54) is 0 Å². The number of hydrogen-bond acceptors (Lipinski definition) is 12. The Morgan fingerprint density at radius 3 is 0.551 bits per heavy atom. The van der Waals surface area contributed by atoms with E-state index in [-0.39, 0.29) is 52.1 Å². The Bertz CT molecular complexity index is 1070. The minimum absolute atomic E-state index is 0.180. The molecule has 0 rings (SSSR count). The molecule has 0 spiro atoms. The Morgan fingerprint density at radius 1 is 0.275 bits per heavy atom. The van der Waals surface area contributed by atoms with Crippen molar-refractivity contribution in [2.45, 2.75) is 188 Å². The second-order valence-corrected chi connectivity index (χ2v) is 24.0. The molecule has 0 saturated heterocycles. The molecule has 408 valence electrons. The summed E-state index contributed by atoms with van der Waals surface area (Å²) in [4.78, 5) is 64.1. The maximum atomic E-state index is 13.7. The van der Waals surface area contributed by atoms with Crippen molar-refractivity contribution < 1.29 is 38.1 Å². The van der Waals surface area contributed by atoms with E-state index < -0.39 is 29.3 Å². The van der Waals surface area contributed by atoms with Crippen LogP contribution in [0.4, 0.5) is 0 Å². The molecule has 0 aromatic carbocycles. The molecule has 0 aliphatic rings. The van der Waals surface area contributed by atoms with E-state index in [2.05, 4.69) is 130 Å². The minimum atomic E-state index is -1.31. The number of esters is 4. The third-order valence-electron chi connectivity index (χ3n) is 12.9. The number of ether oxygens (including phenoxy) is 4. The van der Waals surface area contributed by atoms with Gasteiger partial charge in [0.1, 0.15) is 31.8 Å². The third-order valence-corrected chi connectivity index (χ3v) is 12.9. The van der Waals surface area contributed by atoms with Crippen molar-refractivity contribution in [2.24, 2.45) is 52.8 Å². The smallest absolute Gasteiger partial charge is 0.307 e. The standard InChI is InChI=1S/C57H112N4O8/c1-45(2)17-29-58(30-18-46(3)4)37-25-53(62)66-41-57(42-67-54(63)26-38-59(31-19-47(5)6)32-20-48(7)8,43-68-55(64)27-39-60(33-21-49(9)10)34-22-50(11)12)44-69-56(65)28-40-61(35-23-51(13)14)36-24-52(15)16/h45-52H,17-44H2,1-16H3. The van der Waals surface area contributed by atoms with E-state index in [1.54, 1.807) is 0 Å². The lowest BCUT2D eigenvalue weighted by Crippen LogP contribution is -2.44. The Balaban J connectivity index is 6.68. The second kappa shape index (κ2) is 39.3. The summed E-state index contributed by atoms with van der Waals surface area (Å²) in [5.41, 5.74) is -1.31. The van der Waals surface area contributed by atoms with Gasteiger partial charge in [-0.2, -0.15) is 0 Å². The van der Waals surface area contributed by atoms with Crippen molar-refractivity contribution in [3.63, 3.8) is 0 Å². The molecule has 0 aliphatic carbocycles. The molecular weight excluding hydrogens is 869 g/mol. The predicted molar refractivity (Wildman–Crippen MR) is 286 cm³/mol. The number of carbonyl (C=O) groups is 4. The quantitative estimate of drug-likeness (QED) is 0.0427. The number of hydrogen-bond donors (Lipinski definition) is 0. The molecule has 0 aromatic rings. The van der Waals surface area contributed by atoms with Crippen molar-refractivity contribution in [3.05, 3.63) is 0 Å². The summed E-state index contributed by atoms with van der Waals surface area (Å²) in [5.74, 6) is 2.75. The first-order chi connectivity index (χ1) is 32.4. The second-order valence-electron chi connectivity index (χ2n) is 24.0. The first-order valence-corrected chi connectivity index (χ1v) is 27.9. The SMILES string of the molecule is CC(C)CCN(CCC(=O)OCC(COC(=O)CCN(CCC(C)C)CCC(C)C)(COC(=O)CCN(CCC(C)C)CCC(C)C)COC(=O)CCN(CCC(C)C)CCC(C)C)CCC(C)C. The molecule has 0 N–H and O–H groups in total. The Hall–Kier alpha value is -2.28. The van der Waals surface area contributed by atoms with E-state index in [1.807, 2.05) is 0 Å². The largest absolute Gasteiger partial charge is 0.465 e. The van der Waals surface area contributed by atoms with E-state index in [4.69, 9.17) is 18.9 Å². The normalized spacial score (nSPS) is 12.6. The van der Waals surface area contributed by atoms with Crippen LogP contribution in [0.5, 0.6) is 0 Å². The van der Waals surface area contributed by atoms with Crippen LogP contribution in [-0.2, 0) is 38.1 Å². The number of nitrogens with zero attached hydrogens (tertiary/aromatic N) is 4. The van der Waals surface area contributed by atoms with E-state index >= 15 is 0 Å². The lowest BCUT2D eigenvalue weighted by Gasteiger charge is -2.32. The molecule has 0 amide bonds. The molecule has 0 radical (unpaired) electrons. The highest BCUT2D eigenvalue weighted by molar-refractivity contribution is 5.71. The van der Waals surface area contributed by atoms with Gasteiger partial charge in [0, 0.05) is 26.2 Å². The number of carbonyl (C=O) groups excluding carboxylic acids is 4. The van der Waals surface area contributed by atoms with Gasteiger partial charge < -0.3 is 38.5 Å². The van der Waals surface area contributed by atoms with Gasteiger partial charge in [-0.3, -0.25) is 19.2 Å². The summed E-state index contributed by atoms with van der Waals surface area (Å²) in [5, 5.41) is 0. The molecule has 0 fully saturated rings. The molecule has 0 unspecified atom stereocenters. The molecule has 0 atom stereocenters.